The maximum Gasteiger partial charge on any atom is 0.253 e. The first kappa shape index (κ1) is 16.1. The van der Waals surface area contributed by atoms with E-state index in [-0.39, 0.29) is 5.91 Å². The van der Waals surface area contributed by atoms with Gasteiger partial charge in [-0.2, -0.15) is 0 Å². The number of thiazole rings is 1. The Labute approximate surface area is 151 Å². The number of carbonyl (C=O) groups is 1. The lowest BCUT2D eigenvalue weighted by molar-refractivity contribution is 0.0747. The molecule has 0 spiro atoms. The van der Waals surface area contributed by atoms with Gasteiger partial charge >= 0.3 is 0 Å². The van der Waals surface area contributed by atoms with Gasteiger partial charge in [-0.15, -0.1) is 0 Å². The number of nitrogens with zero attached hydrogens (tertiary/aromatic N) is 3. The van der Waals surface area contributed by atoms with Gasteiger partial charge in [0, 0.05) is 31.7 Å². The summed E-state index contributed by atoms with van der Waals surface area (Å²) in [5.74, 6) is 0.121. The lowest BCUT2D eigenvalue weighted by Gasteiger charge is -2.34. The zero-order valence-electron chi connectivity index (χ0n) is 14.5. The van der Waals surface area contributed by atoms with Crippen LogP contribution in [0.5, 0.6) is 0 Å². The largest absolute Gasteiger partial charge is 0.345 e. The van der Waals surface area contributed by atoms with Crippen molar-refractivity contribution in [3.05, 3.63) is 59.2 Å². The molecule has 1 aliphatic rings. The molecule has 1 amide bonds. The molecule has 3 aromatic rings. The molecular formula is C20H21N3OS. The summed E-state index contributed by atoms with van der Waals surface area (Å²) in [5.41, 5.74) is 4.38. The van der Waals surface area contributed by atoms with Crippen molar-refractivity contribution in [3.8, 4) is 0 Å². The van der Waals surface area contributed by atoms with E-state index >= 15 is 0 Å². The number of anilines is 1. The van der Waals surface area contributed by atoms with Gasteiger partial charge in [-0.3, -0.25) is 4.79 Å². The summed E-state index contributed by atoms with van der Waals surface area (Å²) in [6, 6.07) is 13.9. The molecule has 1 aromatic heterocycles. The molecule has 4 nitrogen and oxygen atoms in total. The molecule has 2 heterocycles. The van der Waals surface area contributed by atoms with Gasteiger partial charge in [-0.1, -0.05) is 35.6 Å². The highest BCUT2D eigenvalue weighted by Crippen LogP contribution is 2.32. The van der Waals surface area contributed by atoms with Crippen LogP contribution in [0.3, 0.4) is 0 Å². The van der Waals surface area contributed by atoms with Crippen LogP contribution in [0.1, 0.15) is 21.5 Å². The average Bonchev–Trinajstić information content (AvgIpc) is 3.06. The standard InChI is InChI=1S/C20H21N3OS/c1-14-12-15(2)18-17(13-14)25-20(21-18)23-10-8-22(9-11-23)19(24)16-6-4-3-5-7-16/h3-7,12-13H,8-11H2,1-2H3. The number of aromatic nitrogens is 1. The molecular weight excluding hydrogens is 330 g/mol. The third-order valence-electron chi connectivity index (χ3n) is 4.68. The van der Waals surface area contributed by atoms with Crippen molar-refractivity contribution in [1.29, 1.82) is 0 Å². The van der Waals surface area contributed by atoms with E-state index < -0.39 is 0 Å². The van der Waals surface area contributed by atoms with Crippen LogP contribution in [0.25, 0.3) is 10.2 Å². The van der Waals surface area contributed by atoms with Crippen molar-refractivity contribution < 1.29 is 4.79 Å². The molecule has 0 radical (unpaired) electrons. The molecule has 0 saturated carbocycles. The van der Waals surface area contributed by atoms with E-state index in [9.17, 15) is 4.79 Å². The fourth-order valence-electron chi connectivity index (χ4n) is 3.36. The van der Waals surface area contributed by atoms with Crippen LogP contribution >= 0.6 is 11.3 Å². The quantitative estimate of drug-likeness (QED) is 0.703. The summed E-state index contributed by atoms with van der Waals surface area (Å²) in [7, 11) is 0. The highest BCUT2D eigenvalue weighted by atomic mass is 32.1. The number of aryl methyl sites for hydroxylation is 2. The Hall–Kier alpha value is -2.40. The highest BCUT2D eigenvalue weighted by molar-refractivity contribution is 7.22. The minimum Gasteiger partial charge on any atom is -0.345 e. The van der Waals surface area contributed by atoms with Crippen molar-refractivity contribution in [2.24, 2.45) is 0 Å². The van der Waals surface area contributed by atoms with Gasteiger partial charge in [0.1, 0.15) is 0 Å². The van der Waals surface area contributed by atoms with Crippen molar-refractivity contribution in [3.63, 3.8) is 0 Å². The van der Waals surface area contributed by atoms with Crippen LogP contribution in [-0.4, -0.2) is 42.0 Å². The van der Waals surface area contributed by atoms with E-state index in [4.69, 9.17) is 4.98 Å². The van der Waals surface area contributed by atoms with Gasteiger partial charge in [-0.25, -0.2) is 4.98 Å². The molecule has 0 N–H and O–H groups in total. The van der Waals surface area contributed by atoms with Gasteiger partial charge < -0.3 is 9.80 Å². The third kappa shape index (κ3) is 3.12. The Morgan fingerprint density at radius 3 is 2.48 bits per heavy atom. The molecule has 1 saturated heterocycles. The molecule has 4 rings (SSSR count). The van der Waals surface area contributed by atoms with Crippen molar-refractivity contribution >= 4 is 32.6 Å². The Morgan fingerprint density at radius 2 is 1.76 bits per heavy atom. The summed E-state index contributed by atoms with van der Waals surface area (Å²) in [6.07, 6.45) is 0. The summed E-state index contributed by atoms with van der Waals surface area (Å²) < 4.78 is 1.25. The molecule has 25 heavy (non-hydrogen) atoms. The molecule has 1 fully saturated rings. The number of benzene rings is 2. The maximum absolute atomic E-state index is 12.6. The summed E-state index contributed by atoms with van der Waals surface area (Å²) in [6.45, 7) is 7.38. The second-order valence-electron chi connectivity index (χ2n) is 6.57. The highest BCUT2D eigenvalue weighted by Gasteiger charge is 2.24. The van der Waals surface area contributed by atoms with Gasteiger partial charge in [-0.05, 0) is 43.2 Å². The number of hydrogen-bond acceptors (Lipinski definition) is 4. The molecule has 0 unspecified atom stereocenters. The smallest absolute Gasteiger partial charge is 0.253 e. The molecule has 0 bridgehead atoms. The predicted octanol–water partition coefficient (Wildman–Crippen LogP) is 3.88. The summed E-state index contributed by atoms with van der Waals surface area (Å²) in [5, 5.41) is 1.07. The zero-order valence-corrected chi connectivity index (χ0v) is 15.3. The Kier molecular flexibility index (Phi) is 4.17. The zero-order chi connectivity index (χ0) is 17.4. The number of fused-ring (bicyclic) bond motifs is 1. The lowest BCUT2D eigenvalue weighted by atomic mass is 10.1. The van der Waals surface area contributed by atoms with E-state index in [0.717, 1.165) is 42.4 Å². The third-order valence-corrected chi connectivity index (χ3v) is 5.74. The fourth-order valence-corrected chi connectivity index (χ4v) is 4.55. The topological polar surface area (TPSA) is 36.4 Å². The van der Waals surface area contributed by atoms with Gasteiger partial charge in [0.05, 0.1) is 10.2 Å². The predicted molar refractivity (Wildman–Crippen MR) is 104 cm³/mol. The Morgan fingerprint density at radius 1 is 1.04 bits per heavy atom. The molecule has 1 aliphatic heterocycles. The minimum absolute atomic E-state index is 0.121. The van der Waals surface area contributed by atoms with E-state index in [1.54, 1.807) is 11.3 Å². The lowest BCUT2D eigenvalue weighted by Crippen LogP contribution is -2.48. The molecule has 0 aliphatic carbocycles. The number of carbonyl (C=O) groups excluding carboxylic acids is 1. The van der Waals surface area contributed by atoms with Gasteiger partial charge in [0.2, 0.25) is 0 Å². The van der Waals surface area contributed by atoms with Gasteiger partial charge in [0.25, 0.3) is 5.91 Å². The first-order valence-electron chi connectivity index (χ1n) is 8.59. The first-order valence-corrected chi connectivity index (χ1v) is 9.40. The first-order chi connectivity index (χ1) is 12.1. The van der Waals surface area contributed by atoms with Crippen LogP contribution in [0.2, 0.25) is 0 Å². The number of rotatable bonds is 2. The van der Waals surface area contributed by atoms with Crippen LogP contribution in [0, 0.1) is 13.8 Å². The van der Waals surface area contributed by atoms with Crippen LogP contribution < -0.4 is 4.90 Å². The average molecular weight is 351 g/mol. The molecule has 2 aromatic carbocycles. The van der Waals surface area contributed by atoms with Crippen LogP contribution in [0.15, 0.2) is 42.5 Å². The fraction of sp³-hybridized carbons (Fsp3) is 0.300. The molecule has 5 heteroatoms. The van der Waals surface area contributed by atoms with Crippen molar-refractivity contribution in [1.82, 2.24) is 9.88 Å². The number of piperazine rings is 1. The second-order valence-corrected chi connectivity index (χ2v) is 7.58. The van der Waals surface area contributed by atoms with E-state index in [1.165, 1.54) is 15.8 Å². The summed E-state index contributed by atoms with van der Waals surface area (Å²) >= 11 is 1.75. The van der Waals surface area contributed by atoms with Crippen LogP contribution in [0.4, 0.5) is 5.13 Å². The summed E-state index contributed by atoms with van der Waals surface area (Å²) in [4.78, 5) is 21.6. The van der Waals surface area contributed by atoms with Crippen molar-refractivity contribution in [2.45, 2.75) is 13.8 Å². The maximum atomic E-state index is 12.6. The minimum atomic E-state index is 0.121. The molecule has 128 valence electrons. The van der Waals surface area contributed by atoms with E-state index in [0.29, 0.717) is 0 Å². The van der Waals surface area contributed by atoms with Crippen LogP contribution in [-0.2, 0) is 0 Å². The SMILES string of the molecule is Cc1cc(C)c2nc(N3CCN(C(=O)c4ccccc4)CC3)sc2c1. The molecule has 0 atom stereocenters. The van der Waals surface area contributed by atoms with Gasteiger partial charge in [0.15, 0.2) is 5.13 Å². The van der Waals surface area contributed by atoms with E-state index in [1.807, 2.05) is 35.2 Å². The van der Waals surface area contributed by atoms with E-state index in [2.05, 4.69) is 30.9 Å². The Balaban J connectivity index is 1.49. The second kappa shape index (κ2) is 6.48. The van der Waals surface area contributed by atoms with Crippen molar-refractivity contribution in [2.75, 3.05) is 31.1 Å². The normalized spacial score (nSPS) is 15.0. The Bertz CT molecular complexity index is 911. The number of amides is 1. The number of hydrogen-bond donors (Lipinski definition) is 0. The monoisotopic (exact) mass is 351 g/mol.